The zero-order chi connectivity index (χ0) is 14.5. The quantitative estimate of drug-likeness (QED) is 0.697. The summed E-state index contributed by atoms with van der Waals surface area (Å²) in [6.45, 7) is 14.4. The van der Waals surface area contributed by atoms with E-state index in [0.717, 1.165) is 25.1 Å². The molecule has 0 aromatic rings. The Morgan fingerprint density at radius 3 is 2.32 bits per heavy atom. The molecule has 3 nitrogen and oxygen atoms in total. The maximum atomic E-state index is 5.45. The van der Waals surface area contributed by atoms with Crippen LogP contribution in [0.4, 0.5) is 0 Å². The smallest absolute Gasteiger partial charge is 0.0630 e. The van der Waals surface area contributed by atoms with E-state index in [1.807, 2.05) is 7.11 Å². The lowest BCUT2D eigenvalue weighted by molar-refractivity contribution is 0.0769. The van der Waals surface area contributed by atoms with E-state index in [0.29, 0.717) is 6.04 Å². The zero-order valence-electron chi connectivity index (χ0n) is 13.8. The summed E-state index contributed by atoms with van der Waals surface area (Å²) in [5.74, 6) is 0.778. The highest BCUT2D eigenvalue weighted by molar-refractivity contribution is 4.90. The molecule has 0 aromatic heterocycles. The van der Waals surface area contributed by atoms with Gasteiger partial charge in [0.2, 0.25) is 0 Å². The monoisotopic (exact) mass is 270 g/mol. The topological polar surface area (TPSA) is 24.5 Å². The minimum atomic E-state index is 0.180. The van der Waals surface area contributed by atoms with E-state index in [9.17, 15) is 0 Å². The second-order valence-electron chi connectivity index (χ2n) is 7.39. The van der Waals surface area contributed by atoms with Gasteiger partial charge in [0.25, 0.3) is 0 Å². The first-order chi connectivity index (χ1) is 8.83. The molecule has 0 spiro atoms. The molecule has 0 heterocycles. The molecular weight excluding hydrogens is 236 g/mol. The lowest BCUT2D eigenvalue weighted by Crippen LogP contribution is -2.50. The molecule has 1 aliphatic carbocycles. The lowest BCUT2D eigenvalue weighted by atomic mass is 10.1. The highest BCUT2D eigenvalue weighted by Gasteiger charge is 2.34. The number of rotatable bonds is 9. The molecule has 0 aliphatic heterocycles. The highest BCUT2D eigenvalue weighted by atomic mass is 16.5. The first kappa shape index (κ1) is 16.9. The predicted molar refractivity (Wildman–Crippen MR) is 82.6 cm³/mol. The Kier molecular flexibility index (Phi) is 6.78. The summed E-state index contributed by atoms with van der Waals surface area (Å²) >= 11 is 0. The summed E-state index contributed by atoms with van der Waals surface area (Å²) in [4.78, 5) is 2.68. The fourth-order valence-electron chi connectivity index (χ4n) is 2.37. The molecule has 0 amide bonds. The minimum Gasteiger partial charge on any atom is -0.383 e. The van der Waals surface area contributed by atoms with Crippen LogP contribution in [-0.4, -0.2) is 49.3 Å². The Hall–Kier alpha value is -0.120. The van der Waals surface area contributed by atoms with Crippen molar-refractivity contribution in [1.29, 1.82) is 0 Å². The largest absolute Gasteiger partial charge is 0.383 e. The van der Waals surface area contributed by atoms with E-state index in [2.05, 4.69) is 44.8 Å². The van der Waals surface area contributed by atoms with E-state index >= 15 is 0 Å². The summed E-state index contributed by atoms with van der Waals surface area (Å²) in [6, 6.07) is 1.32. The highest BCUT2D eigenvalue weighted by Crippen LogP contribution is 2.29. The van der Waals surface area contributed by atoms with Gasteiger partial charge in [-0.05, 0) is 52.5 Å². The molecule has 0 saturated heterocycles. The average Bonchev–Trinajstić information content (AvgIpc) is 3.08. The fourth-order valence-corrected chi connectivity index (χ4v) is 2.37. The normalized spacial score (nSPS) is 18.3. The van der Waals surface area contributed by atoms with Crippen molar-refractivity contribution in [3.8, 4) is 0 Å². The number of ether oxygens (including phenoxy) is 1. The molecule has 19 heavy (non-hydrogen) atoms. The van der Waals surface area contributed by atoms with Gasteiger partial charge in [-0.15, -0.1) is 0 Å². The van der Waals surface area contributed by atoms with Crippen LogP contribution >= 0.6 is 0 Å². The molecule has 1 rings (SSSR count). The van der Waals surface area contributed by atoms with Crippen molar-refractivity contribution in [1.82, 2.24) is 10.2 Å². The van der Waals surface area contributed by atoms with Crippen LogP contribution in [-0.2, 0) is 4.74 Å². The molecule has 1 saturated carbocycles. The molecule has 1 aliphatic rings. The van der Waals surface area contributed by atoms with Crippen molar-refractivity contribution < 1.29 is 4.74 Å². The van der Waals surface area contributed by atoms with E-state index in [1.165, 1.54) is 25.8 Å². The molecule has 1 atom stereocenters. The molecule has 3 heteroatoms. The molecular formula is C16H34N2O. The van der Waals surface area contributed by atoms with Gasteiger partial charge in [-0.1, -0.05) is 13.8 Å². The Balaban J connectivity index is 2.53. The third-order valence-corrected chi connectivity index (χ3v) is 3.68. The van der Waals surface area contributed by atoms with E-state index in [1.54, 1.807) is 0 Å². The minimum absolute atomic E-state index is 0.180. The van der Waals surface area contributed by atoms with Crippen molar-refractivity contribution in [2.24, 2.45) is 5.92 Å². The number of nitrogens with one attached hydrogen (secondary N) is 1. The Labute approximate surface area is 120 Å². The fraction of sp³-hybridized carbons (Fsp3) is 1.00. The summed E-state index contributed by atoms with van der Waals surface area (Å²) in [7, 11) is 1.82. The number of hydrogen-bond acceptors (Lipinski definition) is 3. The van der Waals surface area contributed by atoms with Crippen molar-refractivity contribution in [2.75, 3.05) is 26.8 Å². The van der Waals surface area contributed by atoms with Gasteiger partial charge in [-0.3, -0.25) is 4.90 Å². The van der Waals surface area contributed by atoms with Crippen LogP contribution in [0.5, 0.6) is 0 Å². The summed E-state index contributed by atoms with van der Waals surface area (Å²) < 4.78 is 5.45. The summed E-state index contributed by atoms with van der Waals surface area (Å²) in [5.41, 5.74) is 0.180. The summed E-state index contributed by atoms with van der Waals surface area (Å²) in [5, 5.41) is 3.64. The third kappa shape index (κ3) is 7.28. The van der Waals surface area contributed by atoms with Gasteiger partial charge in [0.05, 0.1) is 6.61 Å². The second-order valence-corrected chi connectivity index (χ2v) is 7.39. The van der Waals surface area contributed by atoms with E-state index < -0.39 is 0 Å². The Bertz CT molecular complexity index is 244. The molecule has 1 fully saturated rings. The van der Waals surface area contributed by atoms with Crippen LogP contribution in [0.1, 0.15) is 53.9 Å². The van der Waals surface area contributed by atoms with Gasteiger partial charge < -0.3 is 10.1 Å². The van der Waals surface area contributed by atoms with Crippen molar-refractivity contribution >= 4 is 0 Å². The van der Waals surface area contributed by atoms with Crippen LogP contribution < -0.4 is 5.32 Å². The second kappa shape index (κ2) is 7.61. The van der Waals surface area contributed by atoms with Crippen molar-refractivity contribution in [2.45, 2.75) is 71.5 Å². The molecule has 0 aromatic carbocycles. The van der Waals surface area contributed by atoms with E-state index in [4.69, 9.17) is 4.74 Å². The number of hydrogen-bond donors (Lipinski definition) is 1. The van der Waals surface area contributed by atoms with E-state index in [-0.39, 0.29) is 5.54 Å². The Morgan fingerprint density at radius 2 is 1.89 bits per heavy atom. The lowest BCUT2D eigenvalue weighted by Gasteiger charge is -2.34. The SMILES string of the molecule is COCC(CNC(C)(C)C)N(CCC(C)C)C1CC1. The molecule has 1 N–H and O–H groups in total. The molecule has 0 bridgehead atoms. The predicted octanol–water partition coefficient (Wildman–Crippen LogP) is 2.90. The zero-order valence-corrected chi connectivity index (χ0v) is 13.8. The van der Waals surface area contributed by atoms with Crippen LogP contribution in [0.15, 0.2) is 0 Å². The van der Waals surface area contributed by atoms with Gasteiger partial charge >= 0.3 is 0 Å². The van der Waals surface area contributed by atoms with Gasteiger partial charge in [0.1, 0.15) is 0 Å². The van der Waals surface area contributed by atoms with Crippen molar-refractivity contribution in [3.05, 3.63) is 0 Å². The average molecular weight is 270 g/mol. The standard InChI is InChI=1S/C16H34N2O/c1-13(2)9-10-18(14-7-8-14)15(12-19-6)11-17-16(3,4)5/h13-15,17H,7-12H2,1-6H3. The van der Waals surface area contributed by atoms with Crippen LogP contribution in [0.25, 0.3) is 0 Å². The molecule has 0 radical (unpaired) electrons. The number of nitrogens with zero attached hydrogens (tertiary/aromatic N) is 1. The molecule has 1 unspecified atom stereocenters. The summed E-state index contributed by atoms with van der Waals surface area (Å²) in [6.07, 6.45) is 4.02. The van der Waals surface area contributed by atoms with Gasteiger partial charge in [-0.2, -0.15) is 0 Å². The molecule has 114 valence electrons. The Morgan fingerprint density at radius 1 is 1.26 bits per heavy atom. The van der Waals surface area contributed by atoms with Crippen molar-refractivity contribution in [3.63, 3.8) is 0 Å². The number of methoxy groups -OCH3 is 1. The van der Waals surface area contributed by atoms with Gasteiger partial charge in [0, 0.05) is 31.3 Å². The third-order valence-electron chi connectivity index (χ3n) is 3.68. The first-order valence-corrected chi connectivity index (χ1v) is 7.83. The van der Waals surface area contributed by atoms with Crippen LogP contribution in [0, 0.1) is 5.92 Å². The van der Waals surface area contributed by atoms with Gasteiger partial charge in [-0.25, -0.2) is 0 Å². The van der Waals surface area contributed by atoms with Crippen LogP contribution in [0.3, 0.4) is 0 Å². The maximum absolute atomic E-state index is 5.45. The first-order valence-electron chi connectivity index (χ1n) is 7.83. The van der Waals surface area contributed by atoms with Crippen LogP contribution in [0.2, 0.25) is 0 Å². The maximum Gasteiger partial charge on any atom is 0.0630 e. The van der Waals surface area contributed by atoms with Gasteiger partial charge in [0.15, 0.2) is 0 Å².